The Balaban J connectivity index is 1.70. The number of hydrogen-bond acceptors (Lipinski definition) is 9. The van der Waals surface area contributed by atoms with E-state index in [-0.39, 0.29) is 39.7 Å². The number of amides is 2. The zero-order valence-corrected chi connectivity index (χ0v) is 17.4. The Bertz CT molecular complexity index is 924. The zero-order chi connectivity index (χ0) is 21.0. The summed E-state index contributed by atoms with van der Waals surface area (Å²) in [4.78, 5) is 29.4. The number of fused-ring (bicyclic) bond motifs is 2. The summed E-state index contributed by atoms with van der Waals surface area (Å²) in [6.07, 6.45) is 0. The molecule has 2 saturated heterocycles. The van der Waals surface area contributed by atoms with E-state index >= 15 is 0 Å². The van der Waals surface area contributed by atoms with Crippen molar-refractivity contribution in [1.29, 1.82) is 0 Å². The number of nitrogens with one attached hydrogen (secondary N) is 2. The summed E-state index contributed by atoms with van der Waals surface area (Å²) < 4.78 is 0. The molecule has 30 heavy (non-hydrogen) atoms. The lowest BCUT2D eigenvalue weighted by molar-refractivity contribution is -0.121. The van der Waals surface area contributed by atoms with Crippen molar-refractivity contribution >= 4 is 35.3 Å². The first-order valence-corrected chi connectivity index (χ1v) is 11.6. The number of carbonyl (C=O) groups excluding carboxylic acids is 2. The lowest BCUT2D eigenvalue weighted by Crippen LogP contribution is -2.52. The average molecular weight is 449 g/mol. The quantitative estimate of drug-likeness (QED) is 0.459. The summed E-state index contributed by atoms with van der Waals surface area (Å²) in [5, 5.41) is 37.5. The summed E-state index contributed by atoms with van der Waals surface area (Å²) >= 11 is 3.02. The van der Waals surface area contributed by atoms with Crippen molar-refractivity contribution < 1.29 is 24.9 Å². The Labute approximate surface area is 180 Å². The van der Waals surface area contributed by atoms with E-state index in [2.05, 4.69) is 10.6 Å². The van der Waals surface area contributed by atoms with E-state index in [9.17, 15) is 24.9 Å². The van der Waals surface area contributed by atoms with Crippen molar-refractivity contribution in [3.05, 3.63) is 52.7 Å². The van der Waals surface area contributed by atoms with Crippen LogP contribution in [0.5, 0.6) is 5.75 Å². The molecule has 4 aliphatic heterocycles. The molecule has 4 aliphatic rings. The highest BCUT2D eigenvalue weighted by atomic mass is 32.2. The number of nitrogens with zero attached hydrogens (tertiary/aromatic N) is 2. The standard InChI is InChI=1S/C19H20N4O5S2/c24-10-3-1-9(2-4-10)11(12-14(25)20-18-22(16(12)27)5-7-29-18)13-15(26)21-19-23(17(13)28)6-8-30-19/h1-4,11,18-19,24,27-28H,5-8H2,(H,20,25)(H,21,26). The molecule has 5 N–H and O–H groups in total. The van der Waals surface area contributed by atoms with Crippen LogP contribution < -0.4 is 10.6 Å². The van der Waals surface area contributed by atoms with Gasteiger partial charge in [-0.15, -0.1) is 23.5 Å². The van der Waals surface area contributed by atoms with Crippen LogP contribution in [0.3, 0.4) is 0 Å². The van der Waals surface area contributed by atoms with Crippen molar-refractivity contribution in [2.75, 3.05) is 24.6 Å². The molecular weight excluding hydrogens is 428 g/mol. The highest BCUT2D eigenvalue weighted by Gasteiger charge is 2.46. The third-order valence-corrected chi connectivity index (χ3v) is 7.82. The van der Waals surface area contributed by atoms with Crippen LogP contribution in [0, 0.1) is 0 Å². The number of thioether (sulfide) groups is 2. The Morgan fingerprint density at radius 2 is 1.30 bits per heavy atom. The van der Waals surface area contributed by atoms with E-state index in [4.69, 9.17) is 0 Å². The van der Waals surface area contributed by atoms with E-state index in [1.54, 1.807) is 21.9 Å². The van der Waals surface area contributed by atoms with Gasteiger partial charge in [0.2, 0.25) is 0 Å². The predicted octanol–water partition coefficient (Wildman–Crippen LogP) is 0.939. The topological polar surface area (TPSA) is 125 Å². The summed E-state index contributed by atoms with van der Waals surface area (Å²) in [6.45, 7) is 1.10. The molecule has 0 bridgehead atoms. The van der Waals surface area contributed by atoms with Gasteiger partial charge in [-0.1, -0.05) is 12.1 Å². The minimum absolute atomic E-state index is 0.00133. The number of aromatic hydroxyl groups is 1. The van der Waals surface area contributed by atoms with Gasteiger partial charge in [-0.2, -0.15) is 0 Å². The van der Waals surface area contributed by atoms with Gasteiger partial charge >= 0.3 is 0 Å². The first-order valence-electron chi connectivity index (χ1n) is 9.49. The molecular formula is C19H20N4O5S2. The minimum atomic E-state index is -1.01. The minimum Gasteiger partial charge on any atom is -0.508 e. The fourth-order valence-electron chi connectivity index (χ4n) is 4.17. The second-order valence-corrected chi connectivity index (χ2v) is 9.66. The summed E-state index contributed by atoms with van der Waals surface area (Å²) in [5.74, 6) is -0.874. The van der Waals surface area contributed by atoms with Gasteiger partial charge in [0.15, 0.2) is 22.8 Å². The number of benzene rings is 1. The molecule has 0 saturated carbocycles. The molecule has 9 nitrogen and oxygen atoms in total. The lowest BCUT2D eigenvalue weighted by atomic mass is 9.82. The van der Waals surface area contributed by atoms with Gasteiger partial charge in [0.1, 0.15) is 5.75 Å². The van der Waals surface area contributed by atoms with Crippen LogP contribution in [0.25, 0.3) is 0 Å². The third-order valence-electron chi connectivity index (χ3n) is 5.61. The number of aliphatic hydroxyl groups excluding tert-OH is 2. The van der Waals surface area contributed by atoms with E-state index in [0.29, 0.717) is 18.7 Å². The molecule has 1 aromatic carbocycles. The monoisotopic (exact) mass is 448 g/mol. The lowest BCUT2D eigenvalue weighted by Gasteiger charge is -2.38. The number of aliphatic hydroxyl groups is 2. The summed E-state index contributed by atoms with van der Waals surface area (Å²) in [7, 11) is 0. The second-order valence-electron chi connectivity index (χ2n) is 7.28. The van der Waals surface area contributed by atoms with E-state index < -0.39 is 17.7 Å². The maximum Gasteiger partial charge on any atom is 0.255 e. The van der Waals surface area contributed by atoms with Crippen LogP contribution in [0.1, 0.15) is 11.5 Å². The SMILES string of the molecule is O=C1NC2SCCN2C(O)=C1C(C1=C(O)N2CCSC2NC1=O)c1ccc(O)cc1. The van der Waals surface area contributed by atoms with E-state index in [0.717, 1.165) is 11.5 Å². The van der Waals surface area contributed by atoms with Crippen LogP contribution in [0.2, 0.25) is 0 Å². The van der Waals surface area contributed by atoms with Crippen LogP contribution in [-0.4, -0.2) is 72.5 Å². The number of phenolic OH excluding ortho intramolecular Hbond substituents is 1. The van der Waals surface area contributed by atoms with Gasteiger partial charge in [0.05, 0.1) is 17.1 Å². The predicted molar refractivity (Wildman–Crippen MR) is 112 cm³/mol. The van der Waals surface area contributed by atoms with E-state index in [1.807, 2.05) is 0 Å². The highest BCUT2D eigenvalue weighted by molar-refractivity contribution is 8.00. The maximum absolute atomic E-state index is 13.0. The Hall–Kier alpha value is -2.66. The number of carbonyl (C=O) groups is 2. The van der Waals surface area contributed by atoms with Crippen molar-refractivity contribution in [3.63, 3.8) is 0 Å². The fourth-order valence-corrected chi connectivity index (χ4v) is 6.37. The van der Waals surface area contributed by atoms with E-state index in [1.165, 1.54) is 35.7 Å². The van der Waals surface area contributed by atoms with Crippen LogP contribution in [-0.2, 0) is 9.59 Å². The van der Waals surface area contributed by atoms with Crippen LogP contribution in [0.15, 0.2) is 47.2 Å². The molecule has 2 amide bonds. The highest BCUT2D eigenvalue weighted by Crippen LogP contribution is 2.43. The molecule has 5 rings (SSSR count). The molecule has 11 heteroatoms. The number of rotatable bonds is 3. The number of phenols is 1. The van der Waals surface area contributed by atoms with Gasteiger partial charge in [-0.05, 0) is 17.7 Å². The summed E-state index contributed by atoms with van der Waals surface area (Å²) in [6, 6.07) is 6.05. The molecule has 2 atom stereocenters. The first kappa shape index (κ1) is 19.3. The maximum atomic E-state index is 13.0. The average Bonchev–Trinajstić information content (AvgIpc) is 3.37. The summed E-state index contributed by atoms with van der Waals surface area (Å²) in [5.41, 5.74) is -0.215. The Morgan fingerprint density at radius 3 is 1.77 bits per heavy atom. The zero-order valence-electron chi connectivity index (χ0n) is 15.7. The first-order chi connectivity index (χ1) is 14.5. The molecule has 4 heterocycles. The second kappa shape index (κ2) is 7.24. The van der Waals surface area contributed by atoms with Crippen molar-refractivity contribution in [2.24, 2.45) is 0 Å². The largest absolute Gasteiger partial charge is 0.508 e. The Kier molecular flexibility index (Phi) is 4.66. The van der Waals surface area contributed by atoms with Gasteiger partial charge in [0, 0.05) is 24.6 Å². The van der Waals surface area contributed by atoms with Crippen LogP contribution >= 0.6 is 23.5 Å². The molecule has 1 aromatic rings. The smallest absolute Gasteiger partial charge is 0.255 e. The molecule has 158 valence electrons. The van der Waals surface area contributed by atoms with Crippen molar-refractivity contribution in [3.8, 4) is 5.75 Å². The normalized spacial score (nSPS) is 27.1. The van der Waals surface area contributed by atoms with Crippen molar-refractivity contribution in [1.82, 2.24) is 20.4 Å². The molecule has 2 unspecified atom stereocenters. The Morgan fingerprint density at radius 1 is 0.833 bits per heavy atom. The van der Waals surface area contributed by atoms with Gasteiger partial charge in [0.25, 0.3) is 11.8 Å². The molecule has 0 spiro atoms. The molecule has 0 radical (unpaired) electrons. The van der Waals surface area contributed by atoms with Gasteiger partial charge < -0.3 is 35.8 Å². The third kappa shape index (κ3) is 2.95. The van der Waals surface area contributed by atoms with Gasteiger partial charge in [-0.25, -0.2) is 0 Å². The fraction of sp³-hybridized carbons (Fsp3) is 0.368. The molecule has 0 aromatic heterocycles. The van der Waals surface area contributed by atoms with Crippen molar-refractivity contribution in [2.45, 2.75) is 16.9 Å². The molecule has 0 aliphatic carbocycles. The number of hydrogen-bond donors (Lipinski definition) is 5. The van der Waals surface area contributed by atoms with Gasteiger partial charge in [-0.3, -0.25) is 9.59 Å². The van der Waals surface area contributed by atoms with Crippen LogP contribution in [0.4, 0.5) is 0 Å². The molecule has 2 fully saturated rings.